The van der Waals surface area contributed by atoms with Crippen LogP contribution < -0.4 is 9.80 Å². The summed E-state index contributed by atoms with van der Waals surface area (Å²) < 4.78 is 11.1. The van der Waals surface area contributed by atoms with Crippen LogP contribution in [0.15, 0.2) is 48.5 Å². The SMILES string of the molecule is CN1c2ccccc2C(=O)OC12OC(=O)c1ccccc1N2C. The molecule has 2 aliphatic heterocycles. The first kappa shape index (κ1) is 13.6. The fourth-order valence-electron chi connectivity index (χ4n) is 3.05. The van der Waals surface area contributed by atoms with E-state index in [1.165, 1.54) is 0 Å². The van der Waals surface area contributed by atoms with Gasteiger partial charge in [-0.25, -0.2) is 9.59 Å². The molecule has 1 spiro atoms. The van der Waals surface area contributed by atoms with Crippen molar-refractivity contribution in [1.29, 1.82) is 0 Å². The Morgan fingerprint density at radius 3 is 1.57 bits per heavy atom. The summed E-state index contributed by atoms with van der Waals surface area (Å²) in [6.07, 6.45) is 0. The summed E-state index contributed by atoms with van der Waals surface area (Å²) in [6.45, 7) is 0. The van der Waals surface area contributed by atoms with E-state index in [-0.39, 0.29) is 0 Å². The summed E-state index contributed by atoms with van der Waals surface area (Å²) in [5.41, 5.74) is 2.15. The molecule has 2 heterocycles. The van der Waals surface area contributed by atoms with Crippen molar-refractivity contribution in [3.8, 4) is 0 Å². The van der Waals surface area contributed by atoms with Crippen LogP contribution in [0.3, 0.4) is 0 Å². The molecule has 0 aliphatic carbocycles. The number of ether oxygens (including phenoxy) is 2. The summed E-state index contributed by atoms with van der Waals surface area (Å²) in [5.74, 6) is -1.06. The van der Waals surface area contributed by atoms with Crippen molar-refractivity contribution in [1.82, 2.24) is 0 Å². The van der Waals surface area contributed by atoms with Crippen molar-refractivity contribution in [3.05, 3.63) is 59.7 Å². The van der Waals surface area contributed by atoms with Crippen LogP contribution in [0.1, 0.15) is 20.7 Å². The Bertz CT molecular complexity index is 763. The fourth-order valence-corrected chi connectivity index (χ4v) is 3.05. The second kappa shape index (κ2) is 4.49. The summed E-state index contributed by atoms with van der Waals surface area (Å²) in [6, 6.07) is 12.5. The van der Waals surface area contributed by atoms with Crippen LogP contribution in [-0.4, -0.2) is 32.1 Å². The van der Waals surface area contributed by atoms with Gasteiger partial charge in [0.2, 0.25) is 0 Å². The molecule has 0 saturated carbocycles. The molecule has 2 aromatic rings. The monoisotopic (exact) mass is 310 g/mol. The molecular formula is C17H14N2O4. The predicted molar refractivity (Wildman–Crippen MR) is 83.3 cm³/mol. The van der Waals surface area contributed by atoms with Gasteiger partial charge >= 0.3 is 18.0 Å². The number of carbonyl (C=O) groups is 2. The maximum atomic E-state index is 12.4. The first-order chi connectivity index (χ1) is 11.0. The molecule has 6 heteroatoms. The van der Waals surface area contributed by atoms with Gasteiger partial charge < -0.3 is 9.47 Å². The Balaban J connectivity index is 1.90. The number of fused-ring (bicyclic) bond motifs is 2. The maximum absolute atomic E-state index is 12.4. The molecular weight excluding hydrogens is 296 g/mol. The molecule has 0 atom stereocenters. The number of hydrogen-bond acceptors (Lipinski definition) is 6. The number of nitrogens with zero attached hydrogens (tertiary/aromatic N) is 2. The zero-order chi connectivity index (χ0) is 16.2. The molecule has 6 nitrogen and oxygen atoms in total. The van der Waals surface area contributed by atoms with E-state index in [0.717, 1.165) is 0 Å². The third kappa shape index (κ3) is 1.69. The van der Waals surface area contributed by atoms with E-state index in [0.29, 0.717) is 22.5 Å². The normalized spacial score (nSPS) is 18.2. The van der Waals surface area contributed by atoms with Gasteiger partial charge in [0.05, 0.1) is 22.5 Å². The Morgan fingerprint density at radius 2 is 1.13 bits per heavy atom. The molecule has 0 bridgehead atoms. The summed E-state index contributed by atoms with van der Waals surface area (Å²) in [5, 5.41) is 0. The molecule has 4 rings (SSSR count). The molecule has 2 aromatic carbocycles. The van der Waals surface area contributed by atoms with Gasteiger partial charge in [0.15, 0.2) is 0 Å². The minimum atomic E-state index is -1.63. The van der Waals surface area contributed by atoms with Crippen LogP contribution in [-0.2, 0) is 9.47 Å². The van der Waals surface area contributed by atoms with Gasteiger partial charge in [-0.3, -0.25) is 9.80 Å². The third-order valence-electron chi connectivity index (χ3n) is 4.27. The highest BCUT2D eigenvalue weighted by molar-refractivity contribution is 6.01. The lowest BCUT2D eigenvalue weighted by Gasteiger charge is -2.50. The van der Waals surface area contributed by atoms with Gasteiger partial charge in [-0.05, 0) is 24.3 Å². The zero-order valence-corrected chi connectivity index (χ0v) is 12.6. The molecule has 0 saturated heterocycles. The Hall–Kier alpha value is -3.02. The number of carbonyl (C=O) groups excluding carboxylic acids is 2. The lowest BCUT2D eigenvalue weighted by Crippen LogP contribution is -2.67. The Kier molecular flexibility index (Phi) is 2.66. The summed E-state index contributed by atoms with van der Waals surface area (Å²) in [4.78, 5) is 28.1. The van der Waals surface area contributed by atoms with Crippen LogP contribution >= 0.6 is 0 Å². The first-order valence-electron chi connectivity index (χ1n) is 7.17. The second-order valence-electron chi connectivity index (χ2n) is 5.48. The average Bonchev–Trinajstić information content (AvgIpc) is 2.58. The number of rotatable bonds is 0. The van der Waals surface area contributed by atoms with Gasteiger partial charge in [0.1, 0.15) is 0 Å². The average molecular weight is 310 g/mol. The smallest absolute Gasteiger partial charge is 0.381 e. The topological polar surface area (TPSA) is 59.1 Å². The van der Waals surface area contributed by atoms with E-state index in [9.17, 15) is 9.59 Å². The van der Waals surface area contributed by atoms with Crippen LogP contribution in [0.5, 0.6) is 0 Å². The molecule has 2 aliphatic rings. The lowest BCUT2D eigenvalue weighted by atomic mass is 10.1. The highest BCUT2D eigenvalue weighted by Gasteiger charge is 2.55. The van der Waals surface area contributed by atoms with Crippen molar-refractivity contribution in [2.24, 2.45) is 0 Å². The molecule has 0 fully saturated rings. The zero-order valence-electron chi connectivity index (χ0n) is 12.6. The molecule has 0 aromatic heterocycles. The van der Waals surface area contributed by atoms with Gasteiger partial charge in [-0.15, -0.1) is 0 Å². The van der Waals surface area contributed by atoms with Crippen LogP contribution in [0.25, 0.3) is 0 Å². The summed E-state index contributed by atoms with van der Waals surface area (Å²) >= 11 is 0. The van der Waals surface area contributed by atoms with E-state index in [1.807, 2.05) is 12.1 Å². The standard InChI is InChI=1S/C17H14N2O4/c1-18-13-9-5-3-7-11(13)15(20)22-17(18)19(2)14-10-6-4-8-12(14)16(21)23-17/h3-10H,1-2H3. The van der Waals surface area contributed by atoms with Crippen molar-refractivity contribution in [3.63, 3.8) is 0 Å². The summed E-state index contributed by atoms with van der Waals surface area (Å²) in [7, 11) is 3.45. The number of benzene rings is 2. The van der Waals surface area contributed by atoms with Crippen LogP contribution in [0.2, 0.25) is 0 Å². The fraction of sp³-hybridized carbons (Fsp3) is 0.176. The minimum Gasteiger partial charge on any atom is -0.381 e. The van der Waals surface area contributed by atoms with E-state index in [4.69, 9.17) is 9.47 Å². The molecule has 0 radical (unpaired) electrons. The van der Waals surface area contributed by atoms with Gasteiger partial charge in [0.25, 0.3) is 0 Å². The number of esters is 2. The van der Waals surface area contributed by atoms with Crippen LogP contribution in [0.4, 0.5) is 11.4 Å². The van der Waals surface area contributed by atoms with Crippen molar-refractivity contribution < 1.29 is 19.1 Å². The molecule has 116 valence electrons. The highest BCUT2D eigenvalue weighted by atomic mass is 16.8. The van der Waals surface area contributed by atoms with Crippen LogP contribution in [0, 0.1) is 0 Å². The van der Waals surface area contributed by atoms with Crippen molar-refractivity contribution in [2.75, 3.05) is 23.9 Å². The van der Waals surface area contributed by atoms with E-state index < -0.39 is 18.0 Å². The number of para-hydroxylation sites is 2. The quantitative estimate of drug-likeness (QED) is 0.695. The number of hydrogen-bond donors (Lipinski definition) is 0. The van der Waals surface area contributed by atoms with Gasteiger partial charge in [-0.1, -0.05) is 24.3 Å². The van der Waals surface area contributed by atoms with Gasteiger partial charge in [0, 0.05) is 14.1 Å². The largest absolute Gasteiger partial charge is 0.439 e. The molecule has 0 amide bonds. The van der Waals surface area contributed by atoms with E-state index >= 15 is 0 Å². The van der Waals surface area contributed by atoms with Gasteiger partial charge in [-0.2, -0.15) is 0 Å². The first-order valence-corrected chi connectivity index (χ1v) is 7.17. The Labute approximate surface area is 132 Å². The lowest BCUT2D eigenvalue weighted by molar-refractivity contribution is -0.171. The van der Waals surface area contributed by atoms with Crippen molar-refractivity contribution in [2.45, 2.75) is 6.03 Å². The molecule has 0 N–H and O–H groups in total. The number of anilines is 2. The molecule has 23 heavy (non-hydrogen) atoms. The van der Waals surface area contributed by atoms with E-state index in [1.54, 1.807) is 60.3 Å². The highest BCUT2D eigenvalue weighted by Crippen LogP contribution is 2.42. The Morgan fingerprint density at radius 1 is 0.739 bits per heavy atom. The minimum absolute atomic E-state index is 0.434. The third-order valence-corrected chi connectivity index (χ3v) is 4.27. The maximum Gasteiger partial charge on any atom is 0.439 e. The molecule has 0 unspecified atom stereocenters. The second-order valence-corrected chi connectivity index (χ2v) is 5.48. The van der Waals surface area contributed by atoms with E-state index in [2.05, 4.69) is 0 Å². The van der Waals surface area contributed by atoms with Crippen molar-refractivity contribution >= 4 is 23.3 Å². The predicted octanol–water partition coefficient (Wildman–Crippen LogP) is 2.21.